The van der Waals surface area contributed by atoms with Gasteiger partial charge in [-0.05, 0) is 27.2 Å². The summed E-state index contributed by atoms with van der Waals surface area (Å²) in [5, 5.41) is 9.14. The molecule has 0 spiro atoms. The fourth-order valence-corrected chi connectivity index (χ4v) is 2.89. The van der Waals surface area contributed by atoms with Gasteiger partial charge in [0.2, 0.25) is 5.91 Å². The van der Waals surface area contributed by atoms with Crippen LogP contribution in [0.3, 0.4) is 0 Å². The number of rotatable bonds is 2. The first-order valence-corrected chi connectivity index (χ1v) is 6.57. The molecule has 1 amide bonds. The first kappa shape index (κ1) is 12.8. The van der Waals surface area contributed by atoms with Crippen molar-refractivity contribution < 1.29 is 9.90 Å². The second-order valence-electron chi connectivity index (χ2n) is 6.36. The highest BCUT2D eigenvalue weighted by molar-refractivity contribution is 5.79. The number of likely N-dealkylation sites (tertiary alicyclic amines) is 2. The Balaban J connectivity index is 1.95. The van der Waals surface area contributed by atoms with Gasteiger partial charge in [-0.15, -0.1) is 0 Å². The Hall–Kier alpha value is -0.610. The molecule has 2 fully saturated rings. The monoisotopic (exact) mass is 240 g/mol. The minimum absolute atomic E-state index is 0.137. The predicted octanol–water partition coefficient (Wildman–Crippen LogP) is 0.700. The Kier molecular flexibility index (Phi) is 3.46. The molecule has 0 radical (unpaired) electrons. The number of hydrogen-bond acceptors (Lipinski definition) is 3. The summed E-state index contributed by atoms with van der Waals surface area (Å²) in [7, 11) is 0. The first-order valence-electron chi connectivity index (χ1n) is 6.57. The Bertz CT molecular complexity index is 298. The Labute approximate surface area is 104 Å². The summed E-state index contributed by atoms with van der Waals surface area (Å²) in [5.74, 6) is 0.385. The fourth-order valence-electron chi connectivity index (χ4n) is 2.89. The third-order valence-corrected chi connectivity index (χ3v) is 4.05. The maximum absolute atomic E-state index is 11.9. The van der Waals surface area contributed by atoms with Crippen LogP contribution in [0, 0.1) is 5.92 Å². The lowest BCUT2D eigenvalue weighted by Gasteiger charge is -2.33. The first-order chi connectivity index (χ1) is 7.91. The van der Waals surface area contributed by atoms with Gasteiger partial charge in [0.05, 0.1) is 0 Å². The lowest BCUT2D eigenvalue weighted by molar-refractivity contribution is -0.129. The molecular weight excluding hydrogens is 216 g/mol. The molecule has 2 aliphatic heterocycles. The average Bonchev–Trinajstić information content (AvgIpc) is 2.82. The van der Waals surface area contributed by atoms with Crippen molar-refractivity contribution in [2.75, 3.05) is 26.2 Å². The number of amides is 1. The lowest BCUT2D eigenvalue weighted by atomic mass is 10.1. The van der Waals surface area contributed by atoms with Gasteiger partial charge in [0.15, 0.2) is 0 Å². The van der Waals surface area contributed by atoms with Crippen LogP contribution in [0.5, 0.6) is 0 Å². The Morgan fingerprint density at radius 2 is 2.06 bits per heavy atom. The van der Waals surface area contributed by atoms with E-state index in [0.717, 1.165) is 26.1 Å². The molecule has 0 aromatic carbocycles. The van der Waals surface area contributed by atoms with E-state index >= 15 is 0 Å². The minimum atomic E-state index is 0.137. The molecule has 2 heterocycles. The van der Waals surface area contributed by atoms with Crippen molar-refractivity contribution in [1.29, 1.82) is 0 Å². The molecular formula is C13H24N2O2. The molecule has 2 unspecified atom stereocenters. The van der Waals surface area contributed by atoms with Gasteiger partial charge in [-0.3, -0.25) is 9.69 Å². The highest BCUT2D eigenvalue weighted by Crippen LogP contribution is 2.28. The minimum Gasteiger partial charge on any atom is -0.396 e. The number of aliphatic hydroxyl groups excluding tert-OH is 1. The molecule has 0 aromatic rings. The van der Waals surface area contributed by atoms with E-state index in [2.05, 4.69) is 25.7 Å². The molecule has 1 N–H and O–H groups in total. The van der Waals surface area contributed by atoms with Gasteiger partial charge >= 0.3 is 0 Å². The van der Waals surface area contributed by atoms with Crippen molar-refractivity contribution in [1.82, 2.24) is 9.80 Å². The molecule has 0 aromatic heterocycles. The number of aliphatic hydroxyl groups is 1. The molecule has 2 atom stereocenters. The van der Waals surface area contributed by atoms with E-state index in [0.29, 0.717) is 12.5 Å². The van der Waals surface area contributed by atoms with Crippen LogP contribution in [0.4, 0.5) is 0 Å². The average molecular weight is 240 g/mol. The van der Waals surface area contributed by atoms with Crippen molar-refractivity contribution in [2.24, 2.45) is 5.92 Å². The van der Waals surface area contributed by atoms with E-state index < -0.39 is 0 Å². The van der Waals surface area contributed by atoms with Crippen LogP contribution in [0.2, 0.25) is 0 Å². The highest BCUT2D eigenvalue weighted by atomic mass is 16.3. The van der Waals surface area contributed by atoms with Gasteiger partial charge < -0.3 is 10.0 Å². The summed E-state index contributed by atoms with van der Waals surface area (Å²) in [6, 6.07) is 0.360. The number of carbonyl (C=O) groups is 1. The van der Waals surface area contributed by atoms with Crippen molar-refractivity contribution in [3.63, 3.8) is 0 Å². The van der Waals surface area contributed by atoms with Crippen LogP contribution in [0.25, 0.3) is 0 Å². The lowest BCUT2D eigenvalue weighted by Crippen LogP contribution is -2.43. The summed E-state index contributed by atoms with van der Waals surface area (Å²) in [4.78, 5) is 16.3. The topological polar surface area (TPSA) is 43.8 Å². The molecule has 17 heavy (non-hydrogen) atoms. The molecule has 4 nitrogen and oxygen atoms in total. The summed E-state index contributed by atoms with van der Waals surface area (Å²) in [6.45, 7) is 9.60. The second kappa shape index (κ2) is 4.58. The van der Waals surface area contributed by atoms with E-state index in [-0.39, 0.29) is 24.0 Å². The molecule has 0 bridgehead atoms. The van der Waals surface area contributed by atoms with E-state index in [9.17, 15) is 4.79 Å². The highest BCUT2D eigenvalue weighted by Gasteiger charge is 2.39. The van der Waals surface area contributed by atoms with Crippen LogP contribution in [0.1, 0.15) is 33.6 Å². The van der Waals surface area contributed by atoms with Gasteiger partial charge in [0, 0.05) is 50.2 Å². The van der Waals surface area contributed by atoms with Gasteiger partial charge in [0.25, 0.3) is 0 Å². The molecule has 2 aliphatic rings. The Morgan fingerprint density at radius 3 is 2.53 bits per heavy atom. The summed E-state index contributed by atoms with van der Waals surface area (Å²) in [6.07, 6.45) is 1.60. The van der Waals surface area contributed by atoms with E-state index in [1.165, 1.54) is 0 Å². The number of carbonyl (C=O) groups excluding carboxylic acids is 1. The zero-order chi connectivity index (χ0) is 12.6. The smallest absolute Gasteiger partial charge is 0.223 e. The van der Waals surface area contributed by atoms with E-state index in [1.54, 1.807) is 0 Å². The number of hydrogen-bond donors (Lipinski definition) is 1. The van der Waals surface area contributed by atoms with Gasteiger partial charge in [-0.2, -0.15) is 0 Å². The summed E-state index contributed by atoms with van der Waals surface area (Å²) < 4.78 is 0. The van der Waals surface area contributed by atoms with Crippen molar-refractivity contribution in [3.05, 3.63) is 0 Å². The quantitative estimate of drug-likeness (QED) is 0.773. The van der Waals surface area contributed by atoms with Crippen LogP contribution >= 0.6 is 0 Å². The molecule has 0 saturated carbocycles. The summed E-state index contributed by atoms with van der Waals surface area (Å²) in [5.41, 5.74) is 0.188. The van der Waals surface area contributed by atoms with E-state index in [1.807, 2.05) is 4.90 Å². The van der Waals surface area contributed by atoms with Crippen LogP contribution in [-0.2, 0) is 4.79 Å². The van der Waals surface area contributed by atoms with Crippen LogP contribution in [0.15, 0.2) is 0 Å². The zero-order valence-electron chi connectivity index (χ0n) is 11.1. The van der Waals surface area contributed by atoms with Crippen molar-refractivity contribution in [2.45, 2.75) is 45.2 Å². The molecule has 2 rings (SSSR count). The molecule has 2 saturated heterocycles. The molecule has 4 heteroatoms. The number of nitrogens with zero attached hydrogens (tertiary/aromatic N) is 2. The van der Waals surface area contributed by atoms with Gasteiger partial charge in [-0.25, -0.2) is 0 Å². The van der Waals surface area contributed by atoms with Gasteiger partial charge in [-0.1, -0.05) is 0 Å². The SMILES string of the molecule is CC(C)(C)N1CCC(N2CC(CO)CC2=O)C1. The van der Waals surface area contributed by atoms with E-state index in [4.69, 9.17) is 5.11 Å². The normalized spacial score (nSPS) is 31.5. The zero-order valence-corrected chi connectivity index (χ0v) is 11.1. The molecule has 98 valence electrons. The standard InChI is InChI=1S/C13H24N2O2/c1-13(2,3)14-5-4-11(8-14)15-7-10(9-16)6-12(15)17/h10-11,16H,4-9H2,1-3H3. The third kappa shape index (κ3) is 2.63. The van der Waals surface area contributed by atoms with Crippen LogP contribution in [-0.4, -0.2) is 58.6 Å². The van der Waals surface area contributed by atoms with Crippen molar-refractivity contribution in [3.8, 4) is 0 Å². The maximum Gasteiger partial charge on any atom is 0.223 e. The second-order valence-corrected chi connectivity index (χ2v) is 6.36. The van der Waals surface area contributed by atoms with Crippen LogP contribution < -0.4 is 0 Å². The maximum atomic E-state index is 11.9. The predicted molar refractivity (Wildman–Crippen MR) is 66.6 cm³/mol. The van der Waals surface area contributed by atoms with Gasteiger partial charge in [0.1, 0.15) is 0 Å². The van der Waals surface area contributed by atoms with Crippen molar-refractivity contribution >= 4 is 5.91 Å². The fraction of sp³-hybridized carbons (Fsp3) is 0.923. The summed E-state index contributed by atoms with van der Waals surface area (Å²) >= 11 is 0. The Morgan fingerprint density at radius 1 is 1.35 bits per heavy atom. The largest absolute Gasteiger partial charge is 0.396 e. The third-order valence-electron chi connectivity index (χ3n) is 4.05. The molecule has 0 aliphatic carbocycles.